The van der Waals surface area contributed by atoms with Crippen molar-refractivity contribution in [3.63, 3.8) is 0 Å². The molecule has 3 aromatic rings. The van der Waals surface area contributed by atoms with Gasteiger partial charge in [0.25, 0.3) is 11.8 Å². The molecular formula is C25H25N3O4. The highest BCUT2D eigenvalue weighted by Gasteiger charge is 2.13. The molecule has 0 unspecified atom stereocenters. The molecule has 2 amide bonds. The van der Waals surface area contributed by atoms with E-state index in [4.69, 9.17) is 9.47 Å². The lowest BCUT2D eigenvalue weighted by atomic mass is 10.1. The van der Waals surface area contributed by atoms with Crippen LogP contribution in [0.2, 0.25) is 0 Å². The zero-order valence-electron chi connectivity index (χ0n) is 18.0. The predicted molar refractivity (Wildman–Crippen MR) is 122 cm³/mol. The Morgan fingerprint density at radius 3 is 2.44 bits per heavy atom. The molecule has 0 fully saturated rings. The summed E-state index contributed by atoms with van der Waals surface area (Å²) in [6, 6.07) is 18.1. The maximum Gasteiger partial charge on any atom is 0.255 e. The molecule has 1 heterocycles. The highest BCUT2D eigenvalue weighted by atomic mass is 16.5. The summed E-state index contributed by atoms with van der Waals surface area (Å²) in [5, 5.41) is 9.12. The van der Waals surface area contributed by atoms with E-state index in [1.165, 1.54) is 18.2 Å². The molecule has 3 N–H and O–H groups in total. The summed E-state index contributed by atoms with van der Waals surface area (Å²) in [6.07, 6.45) is 0. The minimum absolute atomic E-state index is 0.191. The number of benzene rings is 3. The number of hydrogen-bond acceptors (Lipinski definition) is 5. The first-order valence-corrected chi connectivity index (χ1v) is 10.3. The molecule has 7 nitrogen and oxygen atoms in total. The fourth-order valence-corrected chi connectivity index (χ4v) is 3.66. The number of anilines is 1. The Balaban J connectivity index is 1.39. The monoisotopic (exact) mass is 431 g/mol. The Hall–Kier alpha value is -3.84. The van der Waals surface area contributed by atoms with Crippen molar-refractivity contribution in [3.8, 4) is 11.5 Å². The van der Waals surface area contributed by atoms with Crippen molar-refractivity contribution in [3.05, 3.63) is 88.5 Å². The van der Waals surface area contributed by atoms with Gasteiger partial charge in [-0.05, 0) is 59.2 Å². The Kier molecular flexibility index (Phi) is 6.37. The number of methoxy groups -OCH3 is 2. The number of carbonyl (C=O) groups is 2. The van der Waals surface area contributed by atoms with E-state index in [9.17, 15) is 9.59 Å². The standard InChI is InChI=1S/C25H25N3O4/c1-31-22-9-7-18(12-23(22)32-2)24(29)27-13-16-4-3-5-17(10-16)25(30)28-21-8-6-19-14-26-15-20(19)11-21/h3-12,26H,13-15H2,1-2H3,(H,27,29)(H,28,30). The lowest BCUT2D eigenvalue weighted by Crippen LogP contribution is -2.23. The van der Waals surface area contributed by atoms with Crippen LogP contribution >= 0.6 is 0 Å². The second-order valence-electron chi connectivity index (χ2n) is 7.49. The van der Waals surface area contributed by atoms with Gasteiger partial charge in [-0.15, -0.1) is 0 Å². The zero-order chi connectivity index (χ0) is 22.5. The van der Waals surface area contributed by atoms with Gasteiger partial charge in [0.15, 0.2) is 11.5 Å². The van der Waals surface area contributed by atoms with Gasteiger partial charge in [-0.1, -0.05) is 18.2 Å². The molecule has 0 aromatic heterocycles. The molecule has 4 rings (SSSR count). The largest absolute Gasteiger partial charge is 0.493 e. The van der Waals surface area contributed by atoms with Gasteiger partial charge in [-0.3, -0.25) is 9.59 Å². The molecule has 1 aliphatic heterocycles. The van der Waals surface area contributed by atoms with Gasteiger partial charge in [0.2, 0.25) is 0 Å². The van der Waals surface area contributed by atoms with Crippen LogP contribution in [-0.2, 0) is 19.6 Å². The quantitative estimate of drug-likeness (QED) is 0.533. The van der Waals surface area contributed by atoms with E-state index in [0.717, 1.165) is 24.3 Å². The van der Waals surface area contributed by atoms with Crippen molar-refractivity contribution in [2.45, 2.75) is 19.6 Å². The maximum atomic E-state index is 12.7. The minimum atomic E-state index is -0.243. The Morgan fingerprint density at radius 2 is 1.62 bits per heavy atom. The van der Waals surface area contributed by atoms with Crippen molar-refractivity contribution in [1.29, 1.82) is 0 Å². The van der Waals surface area contributed by atoms with Crippen LogP contribution in [0.15, 0.2) is 60.7 Å². The van der Waals surface area contributed by atoms with Crippen LogP contribution < -0.4 is 25.4 Å². The first kappa shape index (κ1) is 21.4. The normalized spacial score (nSPS) is 12.1. The fourth-order valence-electron chi connectivity index (χ4n) is 3.66. The van der Waals surface area contributed by atoms with Gasteiger partial charge in [0, 0.05) is 36.4 Å². The molecule has 0 saturated carbocycles. The summed E-state index contributed by atoms with van der Waals surface area (Å²) >= 11 is 0. The fraction of sp³-hybridized carbons (Fsp3) is 0.200. The number of amides is 2. The van der Waals surface area contributed by atoms with Gasteiger partial charge in [0.1, 0.15) is 0 Å². The van der Waals surface area contributed by atoms with Crippen molar-refractivity contribution in [2.75, 3.05) is 19.5 Å². The van der Waals surface area contributed by atoms with Crippen LogP contribution in [-0.4, -0.2) is 26.0 Å². The molecule has 0 bridgehead atoms. The molecule has 3 aromatic carbocycles. The van der Waals surface area contributed by atoms with E-state index in [1.807, 2.05) is 24.3 Å². The third-order valence-corrected chi connectivity index (χ3v) is 5.38. The first-order chi connectivity index (χ1) is 15.6. The summed E-state index contributed by atoms with van der Waals surface area (Å²) < 4.78 is 10.5. The Labute approximate surface area is 186 Å². The molecular weight excluding hydrogens is 406 g/mol. The third-order valence-electron chi connectivity index (χ3n) is 5.38. The van der Waals surface area contributed by atoms with Gasteiger partial charge in [-0.25, -0.2) is 0 Å². The topological polar surface area (TPSA) is 88.7 Å². The van der Waals surface area contributed by atoms with Crippen molar-refractivity contribution in [2.24, 2.45) is 0 Å². The van der Waals surface area contributed by atoms with Crippen molar-refractivity contribution in [1.82, 2.24) is 10.6 Å². The van der Waals surface area contributed by atoms with Crippen LogP contribution in [0.4, 0.5) is 5.69 Å². The highest BCUT2D eigenvalue weighted by molar-refractivity contribution is 6.04. The average Bonchev–Trinajstić information content (AvgIpc) is 3.30. The highest BCUT2D eigenvalue weighted by Crippen LogP contribution is 2.27. The van der Waals surface area contributed by atoms with Gasteiger partial charge >= 0.3 is 0 Å². The molecule has 0 atom stereocenters. The minimum Gasteiger partial charge on any atom is -0.493 e. The lowest BCUT2D eigenvalue weighted by Gasteiger charge is -2.11. The van der Waals surface area contributed by atoms with E-state index >= 15 is 0 Å². The SMILES string of the molecule is COc1ccc(C(=O)NCc2cccc(C(=O)Nc3ccc4c(c3)CNC4)c2)cc1OC. The van der Waals surface area contributed by atoms with Gasteiger partial charge in [0.05, 0.1) is 14.2 Å². The van der Waals surface area contributed by atoms with Gasteiger partial charge in [-0.2, -0.15) is 0 Å². The van der Waals surface area contributed by atoms with E-state index in [2.05, 4.69) is 16.0 Å². The first-order valence-electron chi connectivity index (χ1n) is 10.3. The molecule has 0 aliphatic carbocycles. The van der Waals surface area contributed by atoms with Crippen LogP contribution in [0.1, 0.15) is 37.4 Å². The molecule has 164 valence electrons. The summed E-state index contributed by atoms with van der Waals surface area (Å²) in [5.41, 5.74) is 5.04. The van der Waals surface area contributed by atoms with Crippen LogP contribution in [0.3, 0.4) is 0 Å². The summed E-state index contributed by atoms with van der Waals surface area (Å²) in [7, 11) is 3.07. The molecule has 0 saturated heterocycles. The molecule has 0 radical (unpaired) electrons. The second kappa shape index (κ2) is 9.53. The predicted octanol–water partition coefficient (Wildman–Crippen LogP) is 3.49. The smallest absolute Gasteiger partial charge is 0.255 e. The number of hydrogen-bond donors (Lipinski definition) is 3. The van der Waals surface area contributed by atoms with Crippen LogP contribution in [0.25, 0.3) is 0 Å². The van der Waals surface area contributed by atoms with E-state index < -0.39 is 0 Å². The second-order valence-corrected chi connectivity index (χ2v) is 7.49. The van der Waals surface area contributed by atoms with E-state index in [-0.39, 0.29) is 11.8 Å². The molecule has 1 aliphatic rings. The van der Waals surface area contributed by atoms with Crippen LogP contribution in [0.5, 0.6) is 11.5 Å². The summed E-state index contributed by atoms with van der Waals surface area (Å²) in [4.78, 5) is 25.3. The van der Waals surface area contributed by atoms with Crippen molar-refractivity contribution >= 4 is 17.5 Å². The number of fused-ring (bicyclic) bond motifs is 1. The molecule has 0 spiro atoms. The number of rotatable bonds is 7. The average molecular weight is 431 g/mol. The van der Waals surface area contributed by atoms with Crippen molar-refractivity contribution < 1.29 is 19.1 Å². The zero-order valence-corrected chi connectivity index (χ0v) is 18.0. The number of carbonyl (C=O) groups excluding carboxylic acids is 2. The molecule has 32 heavy (non-hydrogen) atoms. The maximum absolute atomic E-state index is 12.7. The summed E-state index contributed by atoms with van der Waals surface area (Å²) in [6.45, 7) is 1.97. The third kappa shape index (κ3) is 4.73. The van der Waals surface area contributed by atoms with E-state index in [0.29, 0.717) is 29.2 Å². The Morgan fingerprint density at radius 1 is 0.844 bits per heavy atom. The number of nitrogens with one attached hydrogen (secondary N) is 3. The Bertz CT molecular complexity index is 1160. The number of ether oxygens (including phenoxy) is 2. The van der Waals surface area contributed by atoms with Crippen LogP contribution in [0, 0.1) is 0 Å². The molecule has 7 heteroatoms. The summed E-state index contributed by atoms with van der Waals surface area (Å²) in [5.74, 6) is 0.611. The van der Waals surface area contributed by atoms with Gasteiger partial charge < -0.3 is 25.4 Å². The van der Waals surface area contributed by atoms with E-state index in [1.54, 1.807) is 43.5 Å². The lowest BCUT2D eigenvalue weighted by molar-refractivity contribution is 0.0950.